The van der Waals surface area contributed by atoms with Crippen LogP contribution in [0.15, 0.2) is 54.6 Å². The van der Waals surface area contributed by atoms with E-state index in [1.807, 2.05) is 0 Å². The van der Waals surface area contributed by atoms with Gasteiger partial charge in [0.05, 0.1) is 0 Å². The highest BCUT2D eigenvalue weighted by Crippen LogP contribution is 2.24. The molecule has 0 bridgehead atoms. The summed E-state index contributed by atoms with van der Waals surface area (Å²) >= 11 is 0. The van der Waals surface area contributed by atoms with Crippen LogP contribution in [0, 0.1) is 0 Å². The standard InChI is InChI=1S/C15H11FO2/c16-14(13-9-5-4-8-12(13)10-17)15(18)11-6-2-1-3-7-11/h1-10,14H. The molecule has 0 spiro atoms. The molecule has 0 heterocycles. The van der Waals surface area contributed by atoms with Crippen molar-refractivity contribution in [2.45, 2.75) is 6.17 Å². The fourth-order valence-electron chi connectivity index (χ4n) is 1.74. The summed E-state index contributed by atoms with van der Waals surface area (Å²) in [6.45, 7) is 0. The van der Waals surface area contributed by atoms with Gasteiger partial charge in [0.25, 0.3) is 0 Å². The lowest BCUT2D eigenvalue weighted by Gasteiger charge is -2.09. The average molecular weight is 242 g/mol. The largest absolute Gasteiger partial charge is 0.298 e. The van der Waals surface area contributed by atoms with E-state index in [-0.39, 0.29) is 11.1 Å². The van der Waals surface area contributed by atoms with Crippen molar-refractivity contribution >= 4 is 12.1 Å². The van der Waals surface area contributed by atoms with Crippen LogP contribution in [-0.2, 0) is 0 Å². The maximum Gasteiger partial charge on any atom is 0.201 e. The summed E-state index contributed by atoms with van der Waals surface area (Å²) in [6.07, 6.45) is -1.26. The van der Waals surface area contributed by atoms with E-state index in [2.05, 4.69) is 0 Å². The smallest absolute Gasteiger partial charge is 0.201 e. The normalized spacial score (nSPS) is 11.8. The molecule has 2 aromatic rings. The van der Waals surface area contributed by atoms with Crippen LogP contribution in [0.2, 0.25) is 0 Å². The first-order chi connectivity index (χ1) is 8.74. The van der Waals surface area contributed by atoms with Crippen LogP contribution in [0.1, 0.15) is 32.5 Å². The number of benzene rings is 2. The summed E-state index contributed by atoms with van der Waals surface area (Å²) in [5.41, 5.74) is 0.612. The molecule has 0 aliphatic heterocycles. The van der Waals surface area contributed by atoms with Gasteiger partial charge in [-0.1, -0.05) is 54.6 Å². The first-order valence-electron chi connectivity index (χ1n) is 5.51. The number of aldehydes is 1. The third-order valence-corrected chi connectivity index (χ3v) is 2.68. The van der Waals surface area contributed by atoms with E-state index in [9.17, 15) is 14.0 Å². The minimum Gasteiger partial charge on any atom is -0.298 e. The van der Waals surface area contributed by atoms with Crippen LogP contribution in [0.4, 0.5) is 4.39 Å². The Kier molecular flexibility index (Phi) is 3.63. The van der Waals surface area contributed by atoms with E-state index in [1.165, 1.54) is 12.1 Å². The summed E-state index contributed by atoms with van der Waals surface area (Å²) in [5, 5.41) is 0. The number of hydrogen-bond donors (Lipinski definition) is 0. The van der Waals surface area contributed by atoms with Gasteiger partial charge in [0, 0.05) is 16.7 Å². The van der Waals surface area contributed by atoms with E-state index in [0.717, 1.165) is 0 Å². The number of Topliss-reactive ketones (excluding diaryl/α,β-unsaturated/α-hetero) is 1. The van der Waals surface area contributed by atoms with Gasteiger partial charge in [0.15, 0.2) is 6.17 Å². The first-order valence-corrected chi connectivity index (χ1v) is 5.51. The molecule has 0 fully saturated rings. The van der Waals surface area contributed by atoms with Crippen molar-refractivity contribution < 1.29 is 14.0 Å². The highest BCUT2D eigenvalue weighted by molar-refractivity contribution is 6.01. The fraction of sp³-hybridized carbons (Fsp3) is 0.0667. The molecule has 0 aromatic heterocycles. The number of ketones is 1. The molecule has 3 heteroatoms. The summed E-state index contributed by atoms with van der Waals surface area (Å²) in [4.78, 5) is 22.7. The second kappa shape index (κ2) is 5.36. The van der Waals surface area contributed by atoms with E-state index in [0.29, 0.717) is 11.8 Å². The topological polar surface area (TPSA) is 34.1 Å². The van der Waals surface area contributed by atoms with Crippen molar-refractivity contribution in [2.24, 2.45) is 0 Å². The average Bonchev–Trinajstić information content (AvgIpc) is 2.46. The molecule has 1 unspecified atom stereocenters. The van der Waals surface area contributed by atoms with Crippen LogP contribution in [0.3, 0.4) is 0 Å². The highest BCUT2D eigenvalue weighted by Gasteiger charge is 2.23. The van der Waals surface area contributed by atoms with Gasteiger partial charge in [-0.2, -0.15) is 0 Å². The van der Waals surface area contributed by atoms with Gasteiger partial charge in [-0.25, -0.2) is 4.39 Å². The Morgan fingerprint density at radius 1 is 1.00 bits per heavy atom. The van der Waals surface area contributed by atoms with Crippen LogP contribution < -0.4 is 0 Å². The minimum absolute atomic E-state index is 0.112. The van der Waals surface area contributed by atoms with Gasteiger partial charge in [-0.3, -0.25) is 9.59 Å². The lowest BCUT2D eigenvalue weighted by molar-refractivity contribution is 0.0877. The van der Waals surface area contributed by atoms with Gasteiger partial charge in [0.2, 0.25) is 5.78 Å². The zero-order valence-corrected chi connectivity index (χ0v) is 9.55. The van der Waals surface area contributed by atoms with Crippen molar-refractivity contribution in [3.8, 4) is 0 Å². The predicted molar refractivity (Wildman–Crippen MR) is 66.5 cm³/mol. The molecule has 1 atom stereocenters. The predicted octanol–water partition coefficient (Wildman–Crippen LogP) is 3.39. The fourth-order valence-corrected chi connectivity index (χ4v) is 1.74. The lowest BCUT2D eigenvalue weighted by Crippen LogP contribution is -2.10. The van der Waals surface area contributed by atoms with Crippen LogP contribution in [-0.4, -0.2) is 12.1 Å². The number of carbonyl (C=O) groups excluding carboxylic acids is 2. The van der Waals surface area contributed by atoms with Crippen LogP contribution >= 0.6 is 0 Å². The molecule has 2 rings (SSSR count). The second-order valence-corrected chi connectivity index (χ2v) is 3.84. The molecular formula is C15H11FO2. The monoisotopic (exact) mass is 242 g/mol. The molecule has 2 aromatic carbocycles. The quantitative estimate of drug-likeness (QED) is 0.608. The SMILES string of the molecule is O=Cc1ccccc1C(F)C(=O)c1ccccc1. The Bertz CT molecular complexity index is 564. The Morgan fingerprint density at radius 2 is 1.61 bits per heavy atom. The van der Waals surface area contributed by atoms with Gasteiger partial charge in [-0.05, 0) is 0 Å². The van der Waals surface area contributed by atoms with Crippen molar-refractivity contribution in [1.82, 2.24) is 0 Å². The summed E-state index contributed by atoms with van der Waals surface area (Å²) in [7, 11) is 0. The maximum absolute atomic E-state index is 14.2. The molecule has 0 aliphatic rings. The van der Waals surface area contributed by atoms with E-state index in [4.69, 9.17) is 0 Å². The number of carbonyl (C=O) groups is 2. The van der Waals surface area contributed by atoms with E-state index in [1.54, 1.807) is 42.5 Å². The van der Waals surface area contributed by atoms with E-state index < -0.39 is 12.0 Å². The van der Waals surface area contributed by atoms with Gasteiger partial charge >= 0.3 is 0 Å². The third kappa shape index (κ3) is 2.35. The molecule has 0 saturated carbocycles. The Hall–Kier alpha value is -2.29. The number of rotatable bonds is 4. The number of hydrogen-bond acceptors (Lipinski definition) is 2. The lowest BCUT2D eigenvalue weighted by atomic mass is 9.97. The zero-order chi connectivity index (χ0) is 13.0. The Morgan fingerprint density at radius 3 is 2.28 bits per heavy atom. The minimum atomic E-state index is -1.81. The molecule has 0 amide bonds. The number of halogens is 1. The van der Waals surface area contributed by atoms with Gasteiger partial charge in [0.1, 0.15) is 6.29 Å². The second-order valence-electron chi connectivity index (χ2n) is 3.84. The highest BCUT2D eigenvalue weighted by atomic mass is 19.1. The first kappa shape index (κ1) is 12.2. The van der Waals surface area contributed by atoms with Crippen molar-refractivity contribution in [1.29, 1.82) is 0 Å². The Balaban J connectivity index is 2.34. The van der Waals surface area contributed by atoms with Gasteiger partial charge in [-0.15, -0.1) is 0 Å². The molecule has 0 aliphatic carbocycles. The van der Waals surface area contributed by atoms with Crippen molar-refractivity contribution in [2.75, 3.05) is 0 Å². The summed E-state index contributed by atoms with van der Waals surface area (Å²) < 4.78 is 14.2. The van der Waals surface area contributed by atoms with Gasteiger partial charge < -0.3 is 0 Å². The molecule has 0 radical (unpaired) electrons. The van der Waals surface area contributed by atoms with Crippen molar-refractivity contribution in [3.63, 3.8) is 0 Å². The Labute approximate surface area is 104 Å². The van der Waals surface area contributed by atoms with E-state index >= 15 is 0 Å². The molecule has 2 nitrogen and oxygen atoms in total. The zero-order valence-electron chi connectivity index (χ0n) is 9.55. The molecular weight excluding hydrogens is 231 g/mol. The van der Waals surface area contributed by atoms with Crippen LogP contribution in [0.25, 0.3) is 0 Å². The molecule has 0 saturated heterocycles. The molecule has 0 N–H and O–H groups in total. The summed E-state index contributed by atoms with van der Waals surface area (Å²) in [5.74, 6) is -0.634. The number of alkyl halides is 1. The maximum atomic E-state index is 14.2. The molecule has 90 valence electrons. The van der Waals surface area contributed by atoms with Crippen molar-refractivity contribution in [3.05, 3.63) is 71.3 Å². The summed E-state index contributed by atoms with van der Waals surface area (Å²) in [6, 6.07) is 14.4. The molecule has 18 heavy (non-hydrogen) atoms. The van der Waals surface area contributed by atoms with Crippen LogP contribution in [0.5, 0.6) is 0 Å². The third-order valence-electron chi connectivity index (χ3n) is 2.68.